The molecule has 1 aliphatic rings. The molecule has 0 aromatic carbocycles. The molecular formula is C11H17NO4. The fourth-order valence-corrected chi connectivity index (χ4v) is 1.81. The second-order valence-electron chi connectivity index (χ2n) is 3.68. The Morgan fingerprint density at radius 1 is 1.12 bits per heavy atom. The number of likely N-dealkylation sites (tertiary alicyclic amines) is 1. The van der Waals surface area contributed by atoms with E-state index in [4.69, 9.17) is 0 Å². The first kappa shape index (κ1) is 12.5. The van der Waals surface area contributed by atoms with Crippen molar-refractivity contribution in [1.29, 1.82) is 0 Å². The van der Waals surface area contributed by atoms with E-state index < -0.39 is 11.9 Å². The Hall–Kier alpha value is -1.52. The molecule has 1 rings (SSSR count). The molecule has 0 radical (unpaired) electrons. The van der Waals surface area contributed by atoms with Gasteiger partial charge in [-0.1, -0.05) is 0 Å². The summed E-state index contributed by atoms with van der Waals surface area (Å²) >= 11 is 0. The Balaban J connectivity index is 3.09. The molecule has 0 saturated carbocycles. The SMILES string of the molecule is COC(=O)C(C(=O)OC)=C1CCCCN1C. The van der Waals surface area contributed by atoms with Gasteiger partial charge in [-0.25, -0.2) is 9.59 Å². The van der Waals surface area contributed by atoms with Gasteiger partial charge in [0, 0.05) is 19.3 Å². The molecule has 0 aliphatic carbocycles. The third-order valence-electron chi connectivity index (χ3n) is 2.69. The molecule has 16 heavy (non-hydrogen) atoms. The zero-order valence-electron chi connectivity index (χ0n) is 9.91. The molecule has 0 amide bonds. The Labute approximate surface area is 95.0 Å². The van der Waals surface area contributed by atoms with E-state index in [1.807, 2.05) is 11.9 Å². The van der Waals surface area contributed by atoms with Crippen LogP contribution in [0.4, 0.5) is 0 Å². The fraction of sp³-hybridized carbons (Fsp3) is 0.636. The average Bonchev–Trinajstić information content (AvgIpc) is 2.31. The fourth-order valence-electron chi connectivity index (χ4n) is 1.81. The molecule has 0 aromatic heterocycles. The maximum absolute atomic E-state index is 11.5. The van der Waals surface area contributed by atoms with Crippen molar-refractivity contribution in [3.05, 3.63) is 11.3 Å². The highest BCUT2D eigenvalue weighted by Gasteiger charge is 2.28. The summed E-state index contributed by atoms with van der Waals surface area (Å²) in [6.07, 6.45) is 2.74. The van der Waals surface area contributed by atoms with E-state index >= 15 is 0 Å². The van der Waals surface area contributed by atoms with Gasteiger partial charge in [0.15, 0.2) is 5.57 Å². The van der Waals surface area contributed by atoms with Crippen LogP contribution in [0.25, 0.3) is 0 Å². The van der Waals surface area contributed by atoms with Gasteiger partial charge in [0.05, 0.1) is 14.2 Å². The van der Waals surface area contributed by atoms with Crippen LogP contribution in [0, 0.1) is 0 Å². The summed E-state index contributed by atoms with van der Waals surface area (Å²) in [6, 6.07) is 0. The number of hydrogen-bond donors (Lipinski definition) is 0. The second kappa shape index (κ2) is 5.53. The molecule has 5 nitrogen and oxygen atoms in total. The molecular weight excluding hydrogens is 210 g/mol. The lowest BCUT2D eigenvalue weighted by molar-refractivity contribution is -0.144. The Morgan fingerprint density at radius 2 is 1.69 bits per heavy atom. The van der Waals surface area contributed by atoms with E-state index in [-0.39, 0.29) is 5.57 Å². The molecule has 0 unspecified atom stereocenters. The summed E-state index contributed by atoms with van der Waals surface area (Å²) < 4.78 is 9.23. The first-order valence-corrected chi connectivity index (χ1v) is 5.22. The quantitative estimate of drug-likeness (QED) is 0.301. The van der Waals surface area contributed by atoms with E-state index in [2.05, 4.69) is 9.47 Å². The van der Waals surface area contributed by atoms with Gasteiger partial charge >= 0.3 is 11.9 Å². The van der Waals surface area contributed by atoms with Crippen molar-refractivity contribution in [3.8, 4) is 0 Å². The number of rotatable bonds is 2. The van der Waals surface area contributed by atoms with Crippen molar-refractivity contribution in [2.45, 2.75) is 19.3 Å². The molecule has 90 valence electrons. The standard InChI is InChI=1S/C11H17NO4/c1-12-7-5-4-6-8(12)9(10(13)15-2)11(14)16-3/h4-7H2,1-3H3. The minimum Gasteiger partial charge on any atom is -0.465 e. The van der Waals surface area contributed by atoms with E-state index in [1.54, 1.807) is 0 Å². The lowest BCUT2D eigenvalue weighted by Crippen LogP contribution is -2.30. The number of hydrogen-bond acceptors (Lipinski definition) is 5. The van der Waals surface area contributed by atoms with Crippen LogP contribution in [0.3, 0.4) is 0 Å². The van der Waals surface area contributed by atoms with Crippen molar-refractivity contribution in [1.82, 2.24) is 4.90 Å². The van der Waals surface area contributed by atoms with Crippen LogP contribution >= 0.6 is 0 Å². The largest absolute Gasteiger partial charge is 0.465 e. The second-order valence-corrected chi connectivity index (χ2v) is 3.68. The number of carbonyl (C=O) groups is 2. The Bertz CT molecular complexity index is 304. The average molecular weight is 227 g/mol. The van der Waals surface area contributed by atoms with Crippen LogP contribution in [-0.2, 0) is 19.1 Å². The third kappa shape index (κ3) is 2.53. The topological polar surface area (TPSA) is 55.8 Å². The molecule has 5 heteroatoms. The van der Waals surface area contributed by atoms with Crippen LogP contribution in [-0.4, -0.2) is 44.7 Å². The molecule has 1 fully saturated rings. The van der Waals surface area contributed by atoms with E-state index in [0.29, 0.717) is 12.1 Å². The highest BCUT2D eigenvalue weighted by molar-refractivity contribution is 6.14. The van der Waals surface area contributed by atoms with Crippen molar-refractivity contribution in [2.24, 2.45) is 0 Å². The Kier molecular flexibility index (Phi) is 4.34. The van der Waals surface area contributed by atoms with Crippen molar-refractivity contribution in [3.63, 3.8) is 0 Å². The summed E-state index contributed by atoms with van der Waals surface area (Å²) in [4.78, 5) is 25.0. The predicted molar refractivity (Wildman–Crippen MR) is 57.5 cm³/mol. The summed E-state index contributed by atoms with van der Waals surface area (Å²) in [5.74, 6) is -1.26. The summed E-state index contributed by atoms with van der Waals surface area (Å²) in [5, 5.41) is 0. The number of nitrogens with zero attached hydrogens (tertiary/aromatic N) is 1. The van der Waals surface area contributed by atoms with Crippen molar-refractivity contribution in [2.75, 3.05) is 27.8 Å². The Morgan fingerprint density at radius 3 is 2.12 bits per heavy atom. The van der Waals surface area contributed by atoms with Crippen molar-refractivity contribution < 1.29 is 19.1 Å². The third-order valence-corrected chi connectivity index (χ3v) is 2.69. The first-order chi connectivity index (χ1) is 7.61. The molecule has 0 bridgehead atoms. The van der Waals surface area contributed by atoms with Crippen LogP contribution in [0.5, 0.6) is 0 Å². The minimum absolute atomic E-state index is 0.0206. The maximum Gasteiger partial charge on any atom is 0.347 e. The smallest absolute Gasteiger partial charge is 0.347 e. The van der Waals surface area contributed by atoms with E-state index in [1.165, 1.54) is 14.2 Å². The highest BCUT2D eigenvalue weighted by atomic mass is 16.5. The molecule has 1 aliphatic heterocycles. The van der Waals surface area contributed by atoms with Gasteiger partial charge in [0.1, 0.15) is 0 Å². The molecule has 1 heterocycles. The van der Waals surface area contributed by atoms with Crippen LogP contribution in [0.1, 0.15) is 19.3 Å². The summed E-state index contributed by atoms with van der Waals surface area (Å²) in [5.41, 5.74) is 0.733. The number of esters is 2. The molecule has 0 N–H and O–H groups in total. The number of allylic oxidation sites excluding steroid dienone is 1. The number of ether oxygens (including phenoxy) is 2. The predicted octanol–water partition coefficient (Wildman–Crippen LogP) is 0.702. The molecule has 0 spiro atoms. The minimum atomic E-state index is -0.629. The van der Waals surface area contributed by atoms with Gasteiger partial charge in [0.2, 0.25) is 0 Å². The number of carbonyl (C=O) groups excluding carboxylic acids is 2. The van der Waals surface area contributed by atoms with E-state index in [0.717, 1.165) is 19.4 Å². The monoisotopic (exact) mass is 227 g/mol. The first-order valence-electron chi connectivity index (χ1n) is 5.22. The normalized spacial score (nSPS) is 15.7. The van der Waals surface area contributed by atoms with Gasteiger partial charge in [-0.3, -0.25) is 0 Å². The molecule has 1 saturated heterocycles. The van der Waals surface area contributed by atoms with Gasteiger partial charge in [-0.15, -0.1) is 0 Å². The van der Waals surface area contributed by atoms with Crippen LogP contribution in [0.2, 0.25) is 0 Å². The van der Waals surface area contributed by atoms with Crippen molar-refractivity contribution >= 4 is 11.9 Å². The van der Waals surface area contributed by atoms with Gasteiger partial charge in [-0.2, -0.15) is 0 Å². The zero-order chi connectivity index (χ0) is 12.1. The maximum atomic E-state index is 11.5. The summed E-state index contributed by atoms with van der Waals surface area (Å²) in [7, 11) is 4.38. The number of piperidine rings is 1. The summed E-state index contributed by atoms with van der Waals surface area (Å²) in [6.45, 7) is 0.840. The lowest BCUT2D eigenvalue weighted by Gasteiger charge is -2.28. The zero-order valence-corrected chi connectivity index (χ0v) is 9.91. The van der Waals surface area contributed by atoms with Crippen LogP contribution < -0.4 is 0 Å². The molecule has 0 aromatic rings. The number of methoxy groups -OCH3 is 2. The highest BCUT2D eigenvalue weighted by Crippen LogP contribution is 2.23. The van der Waals surface area contributed by atoms with E-state index in [9.17, 15) is 9.59 Å². The van der Waals surface area contributed by atoms with Gasteiger partial charge < -0.3 is 14.4 Å². The molecule has 0 atom stereocenters. The van der Waals surface area contributed by atoms with Crippen LogP contribution in [0.15, 0.2) is 11.3 Å². The lowest BCUT2D eigenvalue weighted by atomic mass is 10.0. The van der Waals surface area contributed by atoms with Gasteiger partial charge in [0.25, 0.3) is 0 Å². The van der Waals surface area contributed by atoms with Gasteiger partial charge in [-0.05, 0) is 19.3 Å².